The predicted octanol–water partition coefficient (Wildman–Crippen LogP) is 4.88. The first kappa shape index (κ1) is 29.7. The van der Waals surface area contributed by atoms with Crippen LogP contribution in [0.1, 0.15) is 35.1 Å². The van der Waals surface area contributed by atoms with Gasteiger partial charge in [0.05, 0.1) is 4.90 Å². The first-order chi connectivity index (χ1) is 21.2. The van der Waals surface area contributed by atoms with Crippen molar-refractivity contribution >= 4 is 38.5 Å². The molecule has 0 aromatic heterocycles. The normalized spacial score (nSPS) is 15.9. The largest absolute Gasteiger partial charge is 0.446 e. The number of hydrogen-bond donors (Lipinski definition) is 3. The number of alkyl carbamates (subject to hydrolysis) is 1. The molecule has 2 amide bonds. The minimum atomic E-state index is -3.76. The SMILES string of the molecule is Cc1ccc(S(=O)(=O)Nc2ccc3c(c2)CN(C(=O)[C@@H](Cc2ccc4ccccc4c2)NC(=O)OC2CCNCC2)C3)cc1. The van der Waals surface area contributed by atoms with Crippen LogP contribution in [-0.4, -0.2) is 50.6 Å². The van der Waals surface area contributed by atoms with Crippen molar-refractivity contribution in [3.05, 3.63) is 107 Å². The van der Waals surface area contributed by atoms with Gasteiger partial charge in [-0.2, -0.15) is 0 Å². The topological polar surface area (TPSA) is 117 Å². The number of aryl methyl sites for hydroxylation is 1. The quantitative estimate of drug-likeness (QED) is 0.261. The van der Waals surface area contributed by atoms with Crippen LogP contribution in [0.5, 0.6) is 0 Å². The lowest BCUT2D eigenvalue weighted by Gasteiger charge is -2.27. The monoisotopic (exact) mass is 612 g/mol. The predicted molar refractivity (Wildman–Crippen MR) is 170 cm³/mol. The molecule has 4 aromatic carbocycles. The first-order valence-electron chi connectivity index (χ1n) is 14.9. The van der Waals surface area contributed by atoms with Crippen LogP contribution in [0.3, 0.4) is 0 Å². The molecule has 0 unspecified atom stereocenters. The number of amides is 2. The third-order valence-electron chi connectivity index (χ3n) is 8.23. The maximum Gasteiger partial charge on any atom is 0.408 e. The number of fused-ring (bicyclic) bond motifs is 2. The summed E-state index contributed by atoms with van der Waals surface area (Å²) in [5.74, 6) is -0.224. The van der Waals surface area contributed by atoms with Gasteiger partial charge < -0.3 is 20.3 Å². The van der Waals surface area contributed by atoms with E-state index < -0.39 is 22.2 Å². The molecule has 44 heavy (non-hydrogen) atoms. The van der Waals surface area contributed by atoms with E-state index in [1.165, 1.54) is 0 Å². The average molecular weight is 613 g/mol. The Balaban J connectivity index is 1.18. The van der Waals surface area contributed by atoms with Crippen molar-refractivity contribution in [2.75, 3.05) is 17.8 Å². The summed E-state index contributed by atoms with van der Waals surface area (Å²) in [4.78, 5) is 28.8. The second-order valence-corrected chi connectivity index (χ2v) is 13.2. The molecule has 4 aromatic rings. The summed E-state index contributed by atoms with van der Waals surface area (Å²) in [5, 5.41) is 8.28. The van der Waals surface area contributed by atoms with Crippen LogP contribution in [0.25, 0.3) is 10.8 Å². The number of nitrogens with one attached hydrogen (secondary N) is 3. The lowest BCUT2D eigenvalue weighted by Crippen LogP contribution is -2.49. The molecule has 2 heterocycles. The van der Waals surface area contributed by atoms with Crippen LogP contribution in [-0.2, 0) is 39.1 Å². The van der Waals surface area contributed by atoms with Gasteiger partial charge in [0.1, 0.15) is 12.1 Å². The van der Waals surface area contributed by atoms with Gasteiger partial charge in [-0.15, -0.1) is 0 Å². The third kappa shape index (κ3) is 6.87. The first-order valence-corrected chi connectivity index (χ1v) is 16.4. The van der Waals surface area contributed by atoms with Gasteiger partial charge in [0.2, 0.25) is 5.91 Å². The van der Waals surface area contributed by atoms with Gasteiger partial charge in [-0.1, -0.05) is 66.2 Å². The van der Waals surface area contributed by atoms with Gasteiger partial charge in [0, 0.05) is 25.2 Å². The van der Waals surface area contributed by atoms with Crippen LogP contribution < -0.4 is 15.4 Å². The molecule has 9 nitrogen and oxygen atoms in total. The molecule has 228 valence electrons. The number of carbonyl (C=O) groups excluding carboxylic acids is 2. The van der Waals surface area contributed by atoms with E-state index in [1.54, 1.807) is 41.3 Å². The summed E-state index contributed by atoms with van der Waals surface area (Å²) in [6.45, 7) is 4.13. The lowest BCUT2D eigenvalue weighted by atomic mass is 10.0. The fraction of sp³-hybridized carbons (Fsp3) is 0.294. The minimum Gasteiger partial charge on any atom is -0.446 e. The van der Waals surface area contributed by atoms with Gasteiger partial charge in [0.15, 0.2) is 0 Å². The summed E-state index contributed by atoms with van der Waals surface area (Å²) in [5.41, 5.74) is 4.10. The van der Waals surface area contributed by atoms with E-state index in [9.17, 15) is 18.0 Å². The van der Waals surface area contributed by atoms with Crippen molar-refractivity contribution in [3.63, 3.8) is 0 Å². The zero-order valence-corrected chi connectivity index (χ0v) is 25.4. The summed E-state index contributed by atoms with van der Waals surface area (Å²) >= 11 is 0. The number of piperidine rings is 1. The molecule has 3 N–H and O–H groups in total. The van der Waals surface area contributed by atoms with Crippen molar-refractivity contribution in [2.24, 2.45) is 0 Å². The molecular weight excluding hydrogens is 576 g/mol. The molecule has 1 fully saturated rings. The Hall–Kier alpha value is -4.41. The highest BCUT2D eigenvalue weighted by atomic mass is 32.2. The Morgan fingerprint density at radius 2 is 1.64 bits per heavy atom. The number of sulfonamides is 1. The van der Waals surface area contributed by atoms with E-state index in [0.29, 0.717) is 25.2 Å². The highest BCUT2D eigenvalue weighted by Gasteiger charge is 2.32. The number of benzene rings is 4. The third-order valence-corrected chi connectivity index (χ3v) is 9.62. The van der Waals surface area contributed by atoms with Crippen molar-refractivity contribution in [1.29, 1.82) is 0 Å². The standard InChI is InChI=1S/C34H36N4O5S/c1-23-6-12-31(13-7-23)44(41,42)37-29-11-10-27-21-38(22-28(27)20-29)33(39)32(36-34(40)43-30-14-16-35-17-15-30)19-24-8-9-25-4-2-3-5-26(25)18-24/h2-13,18,20,30,32,35,37H,14-17,19,21-22H2,1H3,(H,36,40)/t32-/m1/s1. The molecule has 0 aliphatic carbocycles. The molecule has 10 heteroatoms. The highest BCUT2D eigenvalue weighted by molar-refractivity contribution is 7.92. The Morgan fingerprint density at radius 3 is 2.41 bits per heavy atom. The minimum absolute atomic E-state index is 0.180. The van der Waals surface area contributed by atoms with E-state index in [1.807, 2.05) is 55.5 Å². The Labute approximate surface area is 257 Å². The van der Waals surface area contributed by atoms with Crippen LogP contribution in [0, 0.1) is 6.92 Å². The molecule has 0 spiro atoms. The van der Waals surface area contributed by atoms with E-state index in [-0.39, 0.29) is 16.9 Å². The number of rotatable bonds is 8. The van der Waals surface area contributed by atoms with E-state index >= 15 is 0 Å². The van der Waals surface area contributed by atoms with Gasteiger partial charge in [-0.25, -0.2) is 13.2 Å². The molecule has 1 atom stereocenters. The van der Waals surface area contributed by atoms with Crippen LogP contribution >= 0.6 is 0 Å². The maximum absolute atomic E-state index is 14.0. The fourth-order valence-electron chi connectivity index (χ4n) is 5.81. The highest BCUT2D eigenvalue weighted by Crippen LogP contribution is 2.28. The smallest absolute Gasteiger partial charge is 0.408 e. The number of anilines is 1. The van der Waals surface area contributed by atoms with Crippen LogP contribution in [0.2, 0.25) is 0 Å². The molecule has 0 radical (unpaired) electrons. The Kier molecular flexibility index (Phi) is 8.54. The van der Waals surface area contributed by atoms with Crippen molar-refractivity contribution in [1.82, 2.24) is 15.5 Å². The van der Waals surface area contributed by atoms with E-state index in [2.05, 4.69) is 15.4 Å². The summed E-state index contributed by atoms with van der Waals surface area (Å²) in [6, 6.07) is 25.2. The number of hydrogen-bond acceptors (Lipinski definition) is 6. The van der Waals surface area contributed by atoms with Crippen molar-refractivity contribution in [3.8, 4) is 0 Å². The molecular formula is C34H36N4O5S. The Morgan fingerprint density at radius 1 is 0.909 bits per heavy atom. The number of carbonyl (C=O) groups is 2. The molecule has 2 aliphatic rings. The van der Waals surface area contributed by atoms with Crippen molar-refractivity contribution < 1.29 is 22.7 Å². The fourth-order valence-corrected chi connectivity index (χ4v) is 6.86. The zero-order valence-electron chi connectivity index (χ0n) is 24.6. The molecule has 1 saturated heterocycles. The van der Waals surface area contributed by atoms with Crippen LogP contribution in [0.4, 0.5) is 10.5 Å². The summed E-state index contributed by atoms with van der Waals surface area (Å²) in [7, 11) is -3.76. The van der Waals surface area contributed by atoms with E-state index in [4.69, 9.17) is 4.74 Å². The summed E-state index contributed by atoms with van der Waals surface area (Å²) in [6.07, 6.45) is 0.980. The number of ether oxygens (including phenoxy) is 1. The van der Waals surface area contributed by atoms with Gasteiger partial charge in [0.25, 0.3) is 10.0 Å². The summed E-state index contributed by atoms with van der Waals surface area (Å²) < 4.78 is 34.2. The van der Waals surface area contributed by atoms with Crippen LogP contribution in [0.15, 0.2) is 89.8 Å². The maximum atomic E-state index is 14.0. The molecule has 6 rings (SSSR count). The van der Waals surface area contributed by atoms with Gasteiger partial charge in [-0.05, 0) is 84.6 Å². The molecule has 2 aliphatic heterocycles. The molecule has 0 bridgehead atoms. The van der Waals surface area contributed by atoms with E-state index in [0.717, 1.165) is 59.0 Å². The zero-order chi connectivity index (χ0) is 30.7. The second-order valence-electron chi connectivity index (χ2n) is 11.5. The Bertz CT molecular complexity index is 1790. The van der Waals surface area contributed by atoms with Gasteiger partial charge >= 0.3 is 6.09 Å². The van der Waals surface area contributed by atoms with Crippen molar-refractivity contribution in [2.45, 2.75) is 56.3 Å². The molecule has 0 saturated carbocycles. The van der Waals surface area contributed by atoms with Gasteiger partial charge in [-0.3, -0.25) is 9.52 Å². The number of nitrogens with zero attached hydrogens (tertiary/aromatic N) is 1. The average Bonchev–Trinajstić information content (AvgIpc) is 3.44. The lowest BCUT2D eigenvalue weighted by molar-refractivity contribution is -0.134. The second kappa shape index (κ2) is 12.7.